The van der Waals surface area contributed by atoms with Crippen LogP contribution in [0, 0.1) is 5.82 Å². The van der Waals surface area contributed by atoms with Crippen LogP contribution in [0.5, 0.6) is 0 Å². The molecular formula is C13H16FNO3. The first-order valence-corrected chi connectivity index (χ1v) is 6.23. The molecule has 0 radical (unpaired) electrons. The van der Waals surface area contributed by atoms with Gasteiger partial charge < -0.3 is 14.6 Å². The molecular weight excluding hydrogens is 237 g/mol. The summed E-state index contributed by atoms with van der Waals surface area (Å²) >= 11 is 0. The summed E-state index contributed by atoms with van der Waals surface area (Å²) in [6.45, 7) is 1.22. The van der Waals surface area contributed by atoms with E-state index in [9.17, 15) is 9.50 Å². The van der Waals surface area contributed by atoms with E-state index in [1.807, 2.05) is 0 Å². The molecule has 0 amide bonds. The van der Waals surface area contributed by atoms with Gasteiger partial charge in [-0.3, -0.25) is 4.98 Å². The lowest BCUT2D eigenvalue weighted by atomic mass is 9.77. The molecule has 2 aliphatic rings. The molecule has 1 saturated carbocycles. The normalized spacial score (nSPS) is 25.4. The molecule has 1 spiro atoms. The van der Waals surface area contributed by atoms with Gasteiger partial charge in [0.1, 0.15) is 5.82 Å². The van der Waals surface area contributed by atoms with Crippen molar-refractivity contribution in [3.8, 4) is 0 Å². The molecule has 0 aromatic carbocycles. The number of nitrogens with zero attached hydrogens (tertiary/aromatic N) is 1. The van der Waals surface area contributed by atoms with Crippen molar-refractivity contribution in [2.45, 2.75) is 37.1 Å². The lowest BCUT2D eigenvalue weighted by Gasteiger charge is -2.40. The van der Waals surface area contributed by atoms with Gasteiger partial charge in [0.25, 0.3) is 0 Å². The molecule has 1 aliphatic heterocycles. The van der Waals surface area contributed by atoms with Crippen LogP contribution in [0.15, 0.2) is 18.5 Å². The molecule has 5 heteroatoms. The number of ether oxygens (including phenoxy) is 2. The van der Waals surface area contributed by atoms with E-state index in [-0.39, 0.29) is 0 Å². The molecule has 3 rings (SSSR count). The summed E-state index contributed by atoms with van der Waals surface area (Å²) in [6.07, 6.45) is 4.91. The first-order valence-electron chi connectivity index (χ1n) is 6.23. The summed E-state index contributed by atoms with van der Waals surface area (Å²) in [5, 5.41) is 10.6. The molecule has 1 aliphatic carbocycles. The molecule has 1 N–H and O–H groups in total. The van der Waals surface area contributed by atoms with E-state index in [1.165, 1.54) is 12.3 Å². The van der Waals surface area contributed by atoms with E-state index in [1.54, 1.807) is 0 Å². The Kier molecular flexibility index (Phi) is 2.84. The summed E-state index contributed by atoms with van der Waals surface area (Å²) < 4.78 is 24.4. The number of hydrogen-bond acceptors (Lipinski definition) is 4. The minimum absolute atomic E-state index is 0.422. The Bertz CT molecular complexity index is 436. The van der Waals surface area contributed by atoms with E-state index in [0.29, 0.717) is 44.5 Å². The molecule has 4 nitrogen and oxygen atoms in total. The zero-order valence-electron chi connectivity index (χ0n) is 10.1. The molecule has 18 heavy (non-hydrogen) atoms. The second kappa shape index (κ2) is 4.26. The molecule has 98 valence electrons. The third-order valence-corrected chi connectivity index (χ3v) is 3.89. The van der Waals surface area contributed by atoms with E-state index in [2.05, 4.69) is 4.98 Å². The fourth-order valence-electron chi connectivity index (χ4n) is 2.79. The highest BCUT2D eigenvalue weighted by Crippen LogP contribution is 2.44. The molecule has 1 saturated heterocycles. The minimum atomic E-state index is -1.02. The number of rotatable bonds is 1. The summed E-state index contributed by atoms with van der Waals surface area (Å²) in [5.41, 5.74) is -0.481. The van der Waals surface area contributed by atoms with Gasteiger partial charge in [0.15, 0.2) is 5.79 Å². The van der Waals surface area contributed by atoms with E-state index < -0.39 is 17.2 Å². The largest absolute Gasteiger partial charge is 0.385 e. The van der Waals surface area contributed by atoms with Gasteiger partial charge in [0, 0.05) is 24.6 Å². The Morgan fingerprint density at radius 3 is 2.39 bits per heavy atom. The average molecular weight is 253 g/mol. The topological polar surface area (TPSA) is 51.6 Å². The minimum Gasteiger partial charge on any atom is -0.385 e. The second-order valence-electron chi connectivity index (χ2n) is 5.03. The Hall–Kier alpha value is -1.04. The molecule has 1 aromatic rings. The van der Waals surface area contributed by atoms with Crippen LogP contribution in [-0.2, 0) is 15.1 Å². The third kappa shape index (κ3) is 2.02. The van der Waals surface area contributed by atoms with Gasteiger partial charge >= 0.3 is 0 Å². The molecule has 0 atom stereocenters. The number of halogens is 1. The first-order chi connectivity index (χ1) is 8.62. The molecule has 1 aromatic heterocycles. The van der Waals surface area contributed by atoms with Crippen molar-refractivity contribution in [3.05, 3.63) is 29.8 Å². The molecule has 2 heterocycles. The predicted molar refractivity (Wildman–Crippen MR) is 61.2 cm³/mol. The van der Waals surface area contributed by atoms with Crippen molar-refractivity contribution in [2.75, 3.05) is 13.2 Å². The smallest absolute Gasteiger partial charge is 0.168 e. The molecule has 0 bridgehead atoms. The van der Waals surface area contributed by atoms with Crippen molar-refractivity contribution in [2.24, 2.45) is 0 Å². The summed E-state index contributed by atoms with van der Waals surface area (Å²) in [6, 6.07) is 1.35. The maximum Gasteiger partial charge on any atom is 0.168 e. The lowest BCUT2D eigenvalue weighted by molar-refractivity contribution is -0.204. The quantitative estimate of drug-likeness (QED) is 0.828. The Labute approximate surface area is 105 Å². The predicted octanol–water partition coefficient (Wildman–Crippen LogP) is 1.73. The van der Waals surface area contributed by atoms with Gasteiger partial charge in [-0.05, 0) is 18.9 Å². The van der Waals surface area contributed by atoms with Crippen molar-refractivity contribution >= 4 is 0 Å². The van der Waals surface area contributed by atoms with Gasteiger partial charge in [-0.1, -0.05) is 0 Å². The molecule has 2 fully saturated rings. The highest BCUT2D eigenvalue weighted by atomic mass is 19.1. The monoisotopic (exact) mass is 253 g/mol. The van der Waals surface area contributed by atoms with Crippen LogP contribution in [0.1, 0.15) is 31.2 Å². The van der Waals surface area contributed by atoms with Crippen LogP contribution >= 0.6 is 0 Å². The molecule has 0 unspecified atom stereocenters. The summed E-state index contributed by atoms with van der Waals surface area (Å²) in [5.74, 6) is -0.943. The fraction of sp³-hybridized carbons (Fsp3) is 0.615. The standard InChI is InChI=1S/C13H16FNO3/c14-11-7-10(8-15-9-11)12(16)1-3-13(4-2-12)17-5-6-18-13/h7-9,16H,1-6H2. The van der Waals surface area contributed by atoms with E-state index in [4.69, 9.17) is 9.47 Å². The Morgan fingerprint density at radius 2 is 1.78 bits per heavy atom. The SMILES string of the molecule is OC1(c2cncc(F)c2)CCC2(CC1)OCCO2. The van der Waals surface area contributed by atoms with Gasteiger partial charge in [0.2, 0.25) is 0 Å². The average Bonchev–Trinajstić information content (AvgIpc) is 2.83. The van der Waals surface area contributed by atoms with Crippen LogP contribution in [0.2, 0.25) is 0 Å². The first kappa shape index (κ1) is 12.0. The lowest BCUT2D eigenvalue weighted by Crippen LogP contribution is -2.42. The van der Waals surface area contributed by atoms with Gasteiger partial charge in [0.05, 0.1) is 25.0 Å². The van der Waals surface area contributed by atoms with Crippen molar-refractivity contribution in [1.82, 2.24) is 4.98 Å². The zero-order chi connectivity index (χ0) is 12.6. The number of pyridine rings is 1. The van der Waals surface area contributed by atoms with Crippen molar-refractivity contribution in [3.63, 3.8) is 0 Å². The van der Waals surface area contributed by atoms with Crippen LogP contribution in [-0.4, -0.2) is 29.1 Å². The maximum absolute atomic E-state index is 13.2. The fourth-order valence-corrected chi connectivity index (χ4v) is 2.79. The van der Waals surface area contributed by atoms with Crippen molar-refractivity contribution in [1.29, 1.82) is 0 Å². The van der Waals surface area contributed by atoms with Gasteiger partial charge in [-0.25, -0.2) is 4.39 Å². The number of aliphatic hydroxyl groups is 1. The van der Waals surface area contributed by atoms with Crippen molar-refractivity contribution < 1.29 is 19.0 Å². The summed E-state index contributed by atoms with van der Waals surface area (Å²) in [7, 11) is 0. The zero-order valence-corrected chi connectivity index (χ0v) is 10.1. The van der Waals surface area contributed by atoms with E-state index in [0.717, 1.165) is 6.20 Å². The van der Waals surface area contributed by atoms with E-state index >= 15 is 0 Å². The van der Waals surface area contributed by atoms with Crippen LogP contribution in [0.25, 0.3) is 0 Å². The van der Waals surface area contributed by atoms with Gasteiger partial charge in [-0.15, -0.1) is 0 Å². The van der Waals surface area contributed by atoms with Crippen LogP contribution in [0.4, 0.5) is 4.39 Å². The van der Waals surface area contributed by atoms with Crippen LogP contribution < -0.4 is 0 Å². The highest BCUT2D eigenvalue weighted by Gasteiger charge is 2.46. The van der Waals surface area contributed by atoms with Gasteiger partial charge in [-0.2, -0.15) is 0 Å². The highest BCUT2D eigenvalue weighted by molar-refractivity contribution is 5.20. The number of hydrogen-bond donors (Lipinski definition) is 1. The maximum atomic E-state index is 13.2. The summed E-state index contributed by atoms with van der Waals surface area (Å²) in [4.78, 5) is 3.80. The van der Waals surface area contributed by atoms with Crippen LogP contribution in [0.3, 0.4) is 0 Å². The second-order valence-corrected chi connectivity index (χ2v) is 5.03. The Balaban J connectivity index is 1.78. The number of aromatic nitrogens is 1. The third-order valence-electron chi connectivity index (χ3n) is 3.89. The Morgan fingerprint density at radius 1 is 1.11 bits per heavy atom.